The highest BCUT2D eigenvalue weighted by Crippen LogP contribution is 2.37. The Balaban J connectivity index is 2.30. The van der Waals surface area contributed by atoms with Gasteiger partial charge in [0.05, 0.1) is 16.6 Å². The third kappa shape index (κ3) is 5.81. The van der Waals surface area contributed by atoms with Crippen molar-refractivity contribution in [3.63, 3.8) is 0 Å². The van der Waals surface area contributed by atoms with E-state index in [9.17, 15) is 14.0 Å². The zero-order valence-corrected chi connectivity index (χ0v) is 17.5. The standard InChI is InChI=1S/C18H20ClFN2O6S/c1-8(23)26-7-13-16(27-9(2)24)15(22)17(25-3)18(28-13)29-14-5-11(19)10(6-21)4-12(14)20/h4-5,13,15-18H,7,22H2,1-3H3. The molecule has 1 aliphatic rings. The predicted octanol–water partition coefficient (Wildman–Crippen LogP) is 2.00. The number of ether oxygens (including phenoxy) is 4. The molecule has 0 aliphatic carbocycles. The van der Waals surface area contributed by atoms with Gasteiger partial charge in [-0.2, -0.15) is 5.26 Å². The molecular weight excluding hydrogens is 427 g/mol. The molecule has 0 spiro atoms. The first-order valence-corrected chi connectivity index (χ1v) is 9.73. The number of halogens is 2. The zero-order valence-electron chi connectivity index (χ0n) is 15.9. The van der Waals surface area contributed by atoms with Gasteiger partial charge in [0.2, 0.25) is 0 Å². The second-order valence-electron chi connectivity index (χ2n) is 6.19. The minimum Gasteiger partial charge on any atom is -0.463 e. The number of methoxy groups -OCH3 is 1. The van der Waals surface area contributed by atoms with Gasteiger partial charge in [-0.05, 0) is 12.1 Å². The maximum atomic E-state index is 14.4. The molecule has 0 amide bonds. The van der Waals surface area contributed by atoms with Crippen molar-refractivity contribution in [1.29, 1.82) is 5.26 Å². The van der Waals surface area contributed by atoms with Gasteiger partial charge in [0, 0.05) is 25.9 Å². The molecule has 0 aromatic heterocycles. The summed E-state index contributed by atoms with van der Waals surface area (Å²) in [6.45, 7) is 2.22. The Kier molecular flexibility index (Phi) is 8.24. The second kappa shape index (κ2) is 10.2. The molecule has 2 N–H and O–H groups in total. The lowest BCUT2D eigenvalue weighted by Gasteiger charge is -2.43. The summed E-state index contributed by atoms with van der Waals surface area (Å²) in [7, 11) is 1.39. The van der Waals surface area contributed by atoms with E-state index in [1.165, 1.54) is 27.0 Å². The van der Waals surface area contributed by atoms with Crippen LogP contribution in [0.4, 0.5) is 4.39 Å². The summed E-state index contributed by atoms with van der Waals surface area (Å²) >= 11 is 6.94. The van der Waals surface area contributed by atoms with Gasteiger partial charge in [-0.1, -0.05) is 23.4 Å². The summed E-state index contributed by atoms with van der Waals surface area (Å²) in [5.41, 5.74) is 5.41. The first kappa shape index (κ1) is 23.4. The molecule has 158 valence electrons. The first-order valence-electron chi connectivity index (χ1n) is 8.48. The van der Waals surface area contributed by atoms with Crippen LogP contribution in [0.25, 0.3) is 0 Å². The molecule has 1 saturated heterocycles. The predicted molar refractivity (Wildman–Crippen MR) is 102 cm³/mol. The number of benzene rings is 1. The summed E-state index contributed by atoms with van der Waals surface area (Å²) in [4.78, 5) is 22.8. The maximum Gasteiger partial charge on any atom is 0.303 e. The minimum absolute atomic E-state index is 0.000675. The molecule has 11 heteroatoms. The van der Waals surface area contributed by atoms with E-state index < -0.39 is 47.5 Å². The highest BCUT2D eigenvalue weighted by molar-refractivity contribution is 7.99. The van der Waals surface area contributed by atoms with Gasteiger partial charge < -0.3 is 24.7 Å². The maximum absolute atomic E-state index is 14.4. The van der Waals surface area contributed by atoms with E-state index in [1.54, 1.807) is 6.07 Å². The average molecular weight is 447 g/mol. The van der Waals surface area contributed by atoms with Gasteiger partial charge in [0.1, 0.15) is 42.2 Å². The Labute approximate surface area is 176 Å². The lowest BCUT2D eigenvalue weighted by Crippen LogP contribution is -2.63. The van der Waals surface area contributed by atoms with Crippen LogP contribution in [0.5, 0.6) is 0 Å². The molecular formula is C18H20ClFN2O6S. The van der Waals surface area contributed by atoms with E-state index in [1.807, 2.05) is 0 Å². The van der Waals surface area contributed by atoms with E-state index in [-0.39, 0.29) is 22.1 Å². The summed E-state index contributed by atoms with van der Waals surface area (Å²) in [6, 6.07) is 3.29. The monoisotopic (exact) mass is 446 g/mol. The van der Waals surface area contributed by atoms with Crippen molar-refractivity contribution in [2.75, 3.05) is 13.7 Å². The lowest BCUT2D eigenvalue weighted by atomic mass is 9.98. The van der Waals surface area contributed by atoms with Gasteiger partial charge in [0.15, 0.2) is 0 Å². The molecule has 2 rings (SSSR count). The Bertz CT molecular complexity index is 820. The topological polar surface area (TPSA) is 121 Å². The highest BCUT2D eigenvalue weighted by Gasteiger charge is 2.47. The first-order chi connectivity index (χ1) is 13.7. The van der Waals surface area contributed by atoms with E-state index >= 15 is 0 Å². The van der Waals surface area contributed by atoms with E-state index in [4.69, 9.17) is 41.5 Å². The fraction of sp³-hybridized carbons (Fsp3) is 0.500. The average Bonchev–Trinajstić information content (AvgIpc) is 2.65. The number of hydrogen-bond acceptors (Lipinski definition) is 9. The summed E-state index contributed by atoms with van der Waals surface area (Å²) < 4.78 is 36.0. The SMILES string of the molecule is COC1C(Sc2cc(Cl)c(C#N)cc2F)OC(COC(C)=O)C(OC(C)=O)C1N. The molecule has 0 saturated carbocycles. The molecule has 29 heavy (non-hydrogen) atoms. The largest absolute Gasteiger partial charge is 0.463 e. The van der Waals surface area contributed by atoms with E-state index in [2.05, 4.69) is 0 Å². The van der Waals surface area contributed by atoms with Gasteiger partial charge in [-0.25, -0.2) is 4.39 Å². The van der Waals surface area contributed by atoms with Gasteiger partial charge in [0.25, 0.3) is 0 Å². The quantitative estimate of drug-likeness (QED) is 0.654. The summed E-state index contributed by atoms with van der Waals surface area (Å²) in [6.07, 6.45) is -2.62. The Morgan fingerprint density at radius 1 is 1.34 bits per heavy atom. The van der Waals surface area contributed by atoms with E-state index in [0.29, 0.717) is 0 Å². The molecule has 5 unspecified atom stereocenters. The minimum atomic E-state index is -0.942. The number of nitrogens with zero attached hydrogens (tertiary/aromatic N) is 1. The molecule has 1 aliphatic heterocycles. The third-order valence-electron chi connectivity index (χ3n) is 4.11. The van der Waals surface area contributed by atoms with Crippen molar-refractivity contribution < 1.29 is 32.9 Å². The van der Waals surface area contributed by atoms with Crippen molar-refractivity contribution in [2.45, 2.75) is 48.5 Å². The number of esters is 2. The van der Waals surface area contributed by atoms with Crippen molar-refractivity contribution in [3.05, 3.63) is 28.5 Å². The third-order valence-corrected chi connectivity index (χ3v) is 5.60. The smallest absolute Gasteiger partial charge is 0.303 e. The van der Waals surface area contributed by atoms with Crippen molar-refractivity contribution in [1.82, 2.24) is 0 Å². The Morgan fingerprint density at radius 3 is 2.59 bits per heavy atom. The van der Waals surface area contributed by atoms with Crippen molar-refractivity contribution >= 4 is 35.3 Å². The normalized spacial score (nSPS) is 26.4. The van der Waals surface area contributed by atoms with Gasteiger partial charge in [-0.3, -0.25) is 9.59 Å². The van der Waals surface area contributed by atoms with Crippen LogP contribution in [0.15, 0.2) is 17.0 Å². The molecule has 1 heterocycles. The number of nitrogens with two attached hydrogens (primary N) is 1. The van der Waals surface area contributed by atoms with E-state index in [0.717, 1.165) is 17.8 Å². The highest BCUT2D eigenvalue weighted by atomic mass is 35.5. The van der Waals surface area contributed by atoms with Crippen LogP contribution in [0.2, 0.25) is 5.02 Å². The Hall–Kier alpha value is -1.90. The second-order valence-corrected chi connectivity index (χ2v) is 7.74. The fourth-order valence-electron chi connectivity index (χ4n) is 2.82. The zero-order chi connectivity index (χ0) is 21.7. The number of nitriles is 1. The van der Waals surface area contributed by atoms with Crippen molar-refractivity contribution in [3.8, 4) is 6.07 Å². The number of rotatable bonds is 6. The lowest BCUT2D eigenvalue weighted by molar-refractivity contribution is -0.196. The molecule has 1 aromatic rings. The molecule has 0 bridgehead atoms. The number of carbonyl (C=O) groups is 2. The fourth-order valence-corrected chi connectivity index (χ4v) is 4.32. The van der Waals surface area contributed by atoms with Crippen LogP contribution < -0.4 is 5.73 Å². The molecule has 1 aromatic carbocycles. The van der Waals surface area contributed by atoms with Crippen LogP contribution in [0.1, 0.15) is 19.4 Å². The van der Waals surface area contributed by atoms with Gasteiger partial charge >= 0.3 is 11.9 Å². The summed E-state index contributed by atoms with van der Waals surface area (Å²) in [5, 5.41) is 9.04. The van der Waals surface area contributed by atoms with Crippen molar-refractivity contribution in [2.24, 2.45) is 5.73 Å². The number of hydrogen-bond donors (Lipinski definition) is 1. The summed E-state index contributed by atoms with van der Waals surface area (Å²) in [5.74, 6) is -1.80. The van der Waals surface area contributed by atoms with Crippen LogP contribution in [-0.2, 0) is 28.5 Å². The molecule has 5 atom stereocenters. The van der Waals surface area contributed by atoms with Crippen LogP contribution in [-0.4, -0.2) is 55.4 Å². The van der Waals surface area contributed by atoms with Crippen LogP contribution >= 0.6 is 23.4 Å². The Morgan fingerprint density at radius 2 is 2.03 bits per heavy atom. The van der Waals surface area contributed by atoms with Crippen LogP contribution in [0, 0.1) is 17.1 Å². The number of thioether (sulfide) groups is 1. The van der Waals surface area contributed by atoms with Gasteiger partial charge in [-0.15, -0.1) is 0 Å². The molecule has 1 fully saturated rings. The van der Waals surface area contributed by atoms with Crippen LogP contribution in [0.3, 0.4) is 0 Å². The number of carbonyl (C=O) groups excluding carboxylic acids is 2. The molecule has 0 radical (unpaired) electrons. The molecule has 8 nitrogen and oxygen atoms in total.